The first-order chi connectivity index (χ1) is 10.7. The first-order valence-electron chi connectivity index (χ1n) is 8.14. The number of nitrogens with two attached hydrogens (primary N) is 1. The molecule has 8 heteroatoms. The molecule has 2 fully saturated rings. The van der Waals surface area contributed by atoms with E-state index in [1.165, 1.54) is 0 Å². The highest BCUT2D eigenvalue weighted by Gasteiger charge is 2.44. The van der Waals surface area contributed by atoms with Gasteiger partial charge in [0.15, 0.2) is 0 Å². The first-order valence-corrected chi connectivity index (χ1v) is 8.14. The number of carbonyl (C=O) groups is 2. The molecule has 5 nitrogen and oxygen atoms in total. The number of rotatable bonds is 2. The van der Waals surface area contributed by atoms with Crippen LogP contribution in [0.25, 0.3) is 0 Å². The summed E-state index contributed by atoms with van der Waals surface area (Å²) in [5, 5.41) is 0. The van der Waals surface area contributed by atoms with E-state index in [1.807, 2.05) is 0 Å². The van der Waals surface area contributed by atoms with Gasteiger partial charge >= 0.3 is 18.1 Å². The molecule has 1 aliphatic carbocycles. The monoisotopic (exact) mass is 335 g/mol. The minimum Gasteiger partial charge on any atom is -0.351 e. The summed E-state index contributed by atoms with van der Waals surface area (Å²) < 4.78 is 37.4. The summed E-state index contributed by atoms with van der Waals surface area (Å²) >= 11 is 0. The number of amides is 3. The Morgan fingerprint density at radius 2 is 1.48 bits per heavy atom. The first kappa shape index (κ1) is 17.9. The van der Waals surface area contributed by atoms with Crippen LogP contribution in [0.4, 0.5) is 18.0 Å². The summed E-state index contributed by atoms with van der Waals surface area (Å²) in [6, 6.07) is -0.619. The molecule has 2 aliphatic rings. The topological polar surface area (TPSA) is 66.6 Å². The van der Waals surface area contributed by atoms with Crippen LogP contribution in [0.2, 0.25) is 0 Å². The second-order valence-electron chi connectivity index (χ2n) is 6.68. The summed E-state index contributed by atoms with van der Waals surface area (Å²) in [5.41, 5.74) is 5.52. The van der Waals surface area contributed by atoms with E-state index in [2.05, 4.69) is 6.92 Å². The predicted molar refractivity (Wildman–Crippen MR) is 78.5 cm³/mol. The van der Waals surface area contributed by atoms with Crippen molar-refractivity contribution in [2.45, 2.75) is 63.7 Å². The van der Waals surface area contributed by atoms with Crippen LogP contribution in [0, 0.1) is 5.92 Å². The maximum Gasteiger partial charge on any atom is 0.471 e. The van der Waals surface area contributed by atoms with Crippen molar-refractivity contribution in [1.29, 1.82) is 0 Å². The van der Waals surface area contributed by atoms with E-state index in [-0.39, 0.29) is 25.2 Å². The number of alkyl halides is 3. The second-order valence-corrected chi connectivity index (χ2v) is 6.68. The fourth-order valence-electron chi connectivity index (χ4n) is 3.71. The zero-order chi connectivity index (χ0) is 17.2. The molecule has 0 radical (unpaired) electrons. The molecule has 0 unspecified atom stereocenters. The van der Waals surface area contributed by atoms with Crippen molar-refractivity contribution in [3.63, 3.8) is 0 Å². The number of hydrogen-bond acceptors (Lipinski definition) is 2. The molecule has 3 amide bonds. The highest BCUT2D eigenvalue weighted by molar-refractivity contribution is 5.82. The smallest absolute Gasteiger partial charge is 0.351 e. The molecule has 23 heavy (non-hydrogen) atoms. The van der Waals surface area contributed by atoms with Crippen molar-refractivity contribution in [2.24, 2.45) is 11.7 Å². The number of primary amides is 1. The number of halogens is 3. The van der Waals surface area contributed by atoms with E-state index in [4.69, 9.17) is 5.73 Å². The Labute approximate surface area is 134 Å². The molecule has 0 atom stereocenters. The lowest BCUT2D eigenvalue weighted by Crippen LogP contribution is -2.56. The summed E-state index contributed by atoms with van der Waals surface area (Å²) in [7, 11) is 0. The Bertz CT molecular complexity index is 440. The van der Waals surface area contributed by atoms with Gasteiger partial charge in [-0.3, -0.25) is 4.79 Å². The fourth-order valence-corrected chi connectivity index (χ4v) is 3.71. The Balaban J connectivity index is 1.96. The number of piperidine rings is 1. The summed E-state index contributed by atoms with van der Waals surface area (Å²) in [4.78, 5) is 25.6. The van der Waals surface area contributed by atoms with Crippen LogP contribution in [0.3, 0.4) is 0 Å². The van der Waals surface area contributed by atoms with Crippen molar-refractivity contribution >= 4 is 11.9 Å². The number of carbonyl (C=O) groups excluding carboxylic acids is 2. The lowest BCUT2D eigenvalue weighted by atomic mass is 9.85. The van der Waals surface area contributed by atoms with E-state index in [0.717, 1.165) is 30.6 Å². The van der Waals surface area contributed by atoms with Crippen LogP contribution in [0.15, 0.2) is 0 Å². The lowest BCUT2D eigenvalue weighted by Gasteiger charge is -2.43. The maximum absolute atomic E-state index is 12.5. The molecule has 0 spiro atoms. The Hall–Kier alpha value is -1.47. The van der Waals surface area contributed by atoms with Crippen molar-refractivity contribution in [2.75, 3.05) is 13.1 Å². The van der Waals surface area contributed by atoms with Gasteiger partial charge in [-0.15, -0.1) is 0 Å². The van der Waals surface area contributed by atoms with E-state index in [0.29, 0.717) is 18.8 Å². The molecular weight excluding hydrogens is 311 g/mol. The van der Waals surface area contributed by atoms with Crippen molar-refractivity contribution < 1.29 is 22.8 Å². The second kappa shape index (κ2) is 6.97. The minimum atomic E-state index is -4.84. The van der Waals surface area contributed by atoms with Gasteiger partial charge in [0.2, 0.25) is 0 Å². The van der Waals surface area contributed by atoms with E-state index in [9.17, 15) is 22.8 Å². The van der Waals surface area contributed by atoms with E-state index < -0.39 is 18.1 Å². The Morgan fingerprint density at radius 3 is 1.91 bits per heavy atom. The summed E-state index contributed by atoms with van der Waals surface area (Å²) in [6.45, 7) is 2.19. The summed E-state index contributed by atoms with van der Waals surface area (Å²) in [6.07, 6.45) is -0.333. The van der Waals surface area contributed by atoms with E-state index >= 15 is 0 Å². The lowest BCUT2D eigenvalue weighted by molar-refractivity contribution is -0.186. The molecule has 132 valence electrons. The molecule has 0 aromatic heterocycles. The van der Waals surface area contributed by atoms with Crippen LogP contribution in [-0.2, 0) is 4.79 Å². The Kier molecular flexibility index (Phi) is 5.41. The Morgan fingerprint density at radius 1 is 1.00 bits per heavy atom. The van der Waals surface area contributed by atoms with Crippen LogP contribution in [0.5, 0.6) is 0 Å². The minimum absolute atomic E-state index is 0.00983. The zero-order valence-electron chi connectivity index (χ0n) is 13.3. The molecule has 2 N–H and O–H groups in total. The van der Waals surface area contributed by atoms with Gasteiger partial charge in [-0.25, -0.2) is 4.79 Å². The molecule has 0 aromatic carbocycles. The molecule has 1 aliphatic heterocycles. The van der Waals surface area contributed by atoms with Gasteiger partial charge < -0.3 is 15.5 Å². The average Bonchev–Trinajstić information content (AvgIpc) is 2.48. The highest BCUT2D eigenvalue weighted by atomic mass is 19.4. The number of urea groups is 1. The van der Waals surface area contributed by atoms with Crippen molar-refractivity contribution in [3.05, 3.63) is 0 Å². The van der Waals surface area contributed by atoms with E-state index in [1.54, 1.807) is 4.90 Å². The molecule has 1 saturated heterocycles. The molecule has 0 bridgehead atoms. The zero-order valence-corrected chi connectivity index (χ0v) is 13.3. The fraction of sp³-hybridized carbons (Fsp3) is 0.867. The average molecular weight is 335 g/mol. The van der Waals surface area contributed by atoms with Crippen LogP contribution in [0.1, 0.15) is 45.4 Å². The number of likely N-dealkylation sites (tertiary alicyclic amines) is 1. The molecule has 0 aromatic rings. The molecular formula is C15H24F3N3O2. The van der Waals surface area contributed by atoms with Gasteiger partial charge in [-0.2, -0.15) is 13.2 Å². The quantitative estimate of drug-likeness (QED) is 0.842. The third kappa shape index (κ3) is 4.29. The van der Waals surface area contributed by atoms with Crippen molar-refractivity contribution in [3.8, 4) is 0 Å². The molecule has 1 heterocycles. The van der Waals surface area contributed by atoms with Gasteiger partial charge in [0, 0.05) is 25.2 Å². The largest absolute Gasteiger partial charge is 0.471 e. The number of nitrogens with zero attached hydrogens (tertiary/aromatic N) is 2. The molecule has 1 saturated carbocycles. The van der Waals surface area contributed by atoms with Crippen molar-refractivity contribution in [1.82, 2.24) is 9.80 Å². The number of hydrogen-bond donors (Lipinski definition) is 1. The van der Waals surface area contributed by atoms with Gasteiger partial charge in [-0.05, 0) is 44.4 Å². The van der Waals surface area contributed by atoms with Crippen LogP contribution in [-0.4, -0.2) is 53.1 Å². The van der Waals surface area contributed by atoms with Crippen LogP contribution < -0.4 is 5.73 Å². The predicted octanol–water partition coefficient (Wildman–Crippen LogP) is 2.50. The van der Waals surface area contributed by atoms with Gasteiger partial charge in [-0.1, -0.05) is 6.92 Å². The molecule has 2 rings (SSSR count). The third-order valence-corrected chi connectivity index (χ3v) is 5.02. The van der Waals surface area contributed by atoms with Gasteiger partial charge in [0.1, 0.15) is 0 Å². The van der Waals surface area contributed by atoms with Gasteiger partial charge in [0.25, 0.3) is 0 Å². The van der Waals surface area contributed by atoms with Gasteiger partial charge in [0.05, 0.1) is 0 Å². The normalized spacial score (nSPS) is 26.9. The third-order valence-electron chi connectivity index (χ3n) is 5.02. The standard InChI is InChI=1S/C15H24F3N3O2/c1-10-2-4-11(5-3-10)21(14(19)23)12-6-8-20(9-7-12)13(22)15(16,17)18/h10-12H,2-9H2,1H3,(H2,19,23). The maximum atomic E-state index is 12.5. The summed E-state index contributed by atoms with van der Waals surface area (Å²) in [5.74, 6) is -1.17. The van der Waals surface area contributed by atoms with Crippen LogP contribution >= 0.6 is 0 Å². The highest BCUT2D eigenvalue weighted by Crippen LogP contribution is 2.31. The SMILES string of the molecule is CC1CCC(N(C(N)=O)C2CCN(C(=O)C(F)(F)F)CC2)CC1.